The number of rotatable bonds is 6. The fourth-order valence-corrected chi connectivity index (χ4v) is 1.79. The predicted molar refractivity (Wildman–Crippen MR) is 73.1 cm³/mol. The Hall–Kier alpha value is -2.28. The van der Waals surface area contributed by atoms with E-state index in [2.05, 4.69) is 22.4 Å². The van der Waals surface area contributed by atoms with Crippen LogP contribution < -0.4 is 5.32 Å². The molecule has 0 radical (unpaired) electrons. The van der Waals surface area contributed by atoms with Crippen LogP contribution in [-0.2, 0) is 0 Å². The Balaban J connectivity index is 2.27. The van der Waals surface area contributed by atoms with E-state index in [4.69, 9.17) is 4.52 Å². The summed E-state index contributed by atoms with van der Waals surface area (Å²) in [4.78, 5) is 14.8. The number of nitrogens with one attached hydrogen (secondary N) is 1. The Bertz CT molecular complexity index is 597. The van der Waals surface area contributed by atoms with E-state index >= 15 is 0 Å². The van der Waals surface area contributed by atoms with Crippen molar-refractivity contribution in [1.29, 1.82) is 0 Å². The van der Waals surface area contributed by atoms with E-state index in [-0.39, 0.29) is 17.6 Å². The van der Waals surface area contributed by atoms with Crippen LogP contribution >= 0.6 is 0 Å². The van der Waals surface area contributed by atoms with Gasteiger partial charge < -0.3 is 9.84 Å². The van der Waals surface area contributed by atoms with Gasteiger partial charge in [0, 0.05) is 6.07 Å². The van der Waals surface area contributed by atoms with Gasteiger partial charge in [-0.2, -0.15) is 4.98 Å². The zero-order valence-electron chi connectivity index (χ0n) is 11.4. The molecule has 1 atom stereocenters. The molecule has 0 spiro atoms. The van der Waals surface area contributed by atoms with Gasteiger partial charge in [-0.1, -0.05) is 24.2 Å². The zero-order chi connectivity index (χ0) is 14.5. The minimum atomic E-state index is -0.454. The lowest BCUT2D eigenvalue weighted by Crippen LogP contribution is -2.19. The van der Waals surface area contributed by atoms with Crippen LogP contribution in [0.5, 0.6) is 0 Å². The van der Waals surface area contributed by atoms with Crippen molar-refractivity contribution < 1.29 is 9.45 Å². The van der Waals surface area contributed by atoms with Gasteiger partial charge in [-0.15, -0.1) is 0 Å². The first-order chi connectivity index (χ1) is 9.63. The Morgan fingerprint density at radius 3 is 2.90 bits per heavy atom. The smallest absolute Gasteiger partial charge is 0.280 e. The van der Waals surface area contributed by atoms with Gasteiger partial charge in [0.1, 0.15) is 5.56 Å². The monoisotopic (exact) mass is 276 g/mol. The van der Waals surface area contributed by atoms with Gasteiger partial charge in [-0.05, 0) is 26.0 Å². The Morgan fingerprint density at radius 1 is 1.45 bits per heavy atom. The van der Waals surface area contributed by atoms with Crippen LogP contribution in [0.2, 0.25) is 0 Å². The largest absolute Gasteiger partial charge is 0.337 e. The second kappa shape index (κ2) is 6.25. The third-order valence-electron chi connectivity index (χ3n) is 2.85. The summed E-state index contributed by atoms with van der Waals surface area (Å²) < 4.78 is 5.17. The normalized spacial score (nSPS) is 12.3. The summed E-state index contributed by atoms with van der Waals surface area (Å²) in [5.74, 6) is 0.657. The lowest BCUT2D eigenvalue weighted by molar-refractivity contribution is -0.384. The third kappa shape index (κ3) is 3.00. The first-order valence-electron chi connectivity index (χ1n) is 6.44. The topological polar surface area (TPSA) is 94.1 Å². The molecule has 0 fully saturated rings. The summed E-state index contributed by atoms with van der Waals surface area (Å²) in [7, 11) is 0. The van der Waals surface area contributed by atoms with Crippen LogP contribution in [0.3, 0.4) is 0 Å². The van der Waals surface area contributed by atoms with Gasteiger partial charge in [-0.25, -0.2) is 0 Å². The maximum Gasteiger partial charge on any atom is 0.280 e. The van der Waals surface area contributed by atoms with Crippen molar-refractivity contribution in [2.24, 2.45) is 0 Å². The molecule has 0 amide bonds. The molecule has 0 aliphatic heterocycles. The van der Waals surface area contributed by atoms with Crippen LogP contribution in [0.4, 0.5) is 5.69 Å². The highest BCUT2D eigenvalue weighted by molar-refractivity contribution is 5.67. The minimum absolute atomic E-state index is 0.0333. The number of aromatic nitrogens is 2. The molecule has 20 heavy (non-hydrogen) atoms. The van der Waals surface area contributed by atoms with Crippen LogP contribution in [-0.4, -0.2) is 21.6 Å². The van der Waals surface area contributed by atoms with Crippen LogP contribution in [0.15, 0.2) is 28.8 Å². The van der Waals surface area contributed by atoms with Crippen molar-refractivity contribution in [3.8, 4) is 11.4 Å². The van der Waals surface area contributed by atoms with E-state index < -0.39 is 4.92 Å². The molecular formula is C13H16N4O3. The van der Waals surface area contributed by atoms with Gasteiger partial charge in [0.2, 0.25) is 11.7 Å². The molecule has 1 heterocycles. The Labute approximate surface area is 116 Å². The van der Waals surface area contributed by atoms with Crippen LogP contribution in [0, 0.1) is 10.1 Å². The summed E-state index contributed by atoms with van der Waals surface area (Å²) in [5.41, 5.74) is 0.323. The summed E-state index contributed by atoms with van der Waals surface area (Å²) in [5, 5.41) is 18.0. The molecule has 1 aromatic carbocycles. The molecule has 0 aliphatic carbocycles. The number of nitro benzene ring substituents is 1. The Morgan fingerprint density at radius 2 is 2.20 bits per heavy atom. The molecule has 106 valence electrons. The fraction of sp³-hybridized carbons (Fsp3) is 0.385. The fourth-order valence-electron chi connectivity index (χ4n) is 1.79. The van der Waals surface area contributed by atoms with Crippen molar-refractivity contribution in [1.82, 2.24) is 15.5 Å². The summed E-state index contributed by atoms with van der Waals surface area (Å²) >= 11 is 0. The number of para-hydroxylation sites is 1. The van der Waals surface area contributed by atoms with E-state index in [0.717, 1.165) is 13.0 Å². The van der Waals surface area contributed by atoms with Gasteiger partial charge in [-0.3, -0.25) is 10.1 Å². The summed E-state index contributed by atoms with van der Waals surface area (Å²) in [6.07, 6.45) is 0.996. The first kappa shape index (κ1) is 14.1. The van der Waals surface area contributed by atoms with Crippen LogP contribution in [0.1, 0.15) is 32.2 Å². The minimum Gasteiger partial charge on any atom is -0.337 e. The maximum atomic E-state index is 11.0. The number of nitro groups is 1. The molecule has 0 bridgehead atoms. The first-order valence-corrected chi connectivity index (χ1v) is 6.44. The number of hydrogen-bond acceptors (Lipinski definition) is 6. The highest BCUT2D eigenvalue weighted by atomic mass is 16.6. The average Bonchev–Trinajstić information content (AvgIpc) is 2.94. The molecule has 1 aromatic heterocycles. The highest BCUT2D eigenvalue weighted by Crippen LogP contribution is 2.27. The molecule has 1 unspecified atom stereocenters. The predicted octanol–water partition coefficient (Wildman–Crippen LogP) is 2.71. The van der Waals surface area contributed by atoms with E-state index in [9.17, 15) is 10.1 Å². The van der Waals surface area contributed by atoms with E-state index in [0.29, 0.717) is 11.5 Å². The zero-order valence-corrected chi connectivity index (χ0v) is 11.4. The maximum absolute atomic E-state index is 11.0. The molecule has 7 nitrogen and oxygen atoms in total. The van der Waals surface area contributed by atoms with Gasteiger partial charge >= 0.3 is 0 Å². The summed E-state index contributed by atoms with van der Waals surface area (Å²) in [6, 6.07) is 6.26. The number of benzene rings is 1. The molecule has 2 aromatic rings. The lowest BCUT2D eigenvalue weighted by Gasteiger charge is -2.06. The van der Waals surface area contributed by atoms with Crippen molar-refractivity contribution in [2.45, 2.75) is 26.3 Å². The average molecular weight is 276 g/mol. The van der Waals surface area contributed by atoms with Crippen molar-refractivity contribution >= 4 is 5.69 Å². The quantitative estimate of drug-likeness (QED) is 0.644. The standard InChI is InChI=1S/C13H16N4O3/c1-3-8-14-9(2)13-15-12(16-20-13)10-6-4-5-7-11(10)17(18)19/h4-7,9,14H,3,8H2,1-2H3. The van der Waals surface area contributed by atoms with Crippen molar-refractivity contribution in [2.75, 3.05) is 6.54 Å². The van der Waals surface area contributed by atoms with E-state index in [1.807, 2.05) is 6.92 Å². The van der Waals surface area contributed by atoms with Crippen molar-refractivity contribution in [3.63, 3.8) is 0 Å². The van der Waals surface area contributed by atoms with Gasteiger partial charge in [0.15, 0.2) is 0 Å². The van der Waals surface area contributed by atoms with Gasteiger partial charge in [0.25, 0.3) is 5.69 Å². The SMILES string of the molecule is CCCNC(C)c1nc(-c2ccccc2[N+](=O)[O-])no1. The van der Waals surface area contributed by atoms with Crippen LogP contribution in [0.25, 0.3) is 11.4 Å². The molecule has 1 N–H and O–H groups in total. The molecule has 7 heteroatoms. The third-order valence-corrected chi connectivity index (χ3v) is 2.85. The second-order valence-electron chi connectivity index (χ2n) is 4.41. The van der Waals surface area contributed by atoms with E-state index in [1.165, 1.54) is 6.07 Å². The molecule has 0 saturated heterocycles. The number of hydrogen-bond donors (Lipinski definition) is 1. The summed E-state index contributed by atoms with van der Waals surface area (Å²) in [6.45, 7) is 4.81. The van der Waals surface area contributed by atoms with Crippen molar-refractivity contribution in [3.05, 3.63) is 40.3 Å². The lowest BCUT2D eigenvalue weighted by atomic mass is 10.2. The molecule has 0 aliphatic rings. The Kier molecular flexibility index (Phi) is 4.41. The molecular weight excluding hydrogens is 260 g/mol. The molecule has 0 saturated carbocycles. The number of nitrogens with zero attached hydrogens (tertiary/aromatic N) is 3. The molecule has 2 rings (SSSR count). The second-order valence-corrected chi connectivity index (χ2v) is 4.41. The van der Waals surface area contributed by atoms with Gasteiger partial charge in [0.05, 0.1) is 11.0 Å². The van der Waals surface area contributed by atoms with E-state index in [1.54, 1.807) is 18.2 Å². The highest BCUT2D eigenvalue weighted by Gasteiger charge is 2.20.